The van der Waals surface area contributed by atoms with E-state index in [0.717, 1.165) is 18.4 Å². The van der Waals surface area contributed by atoms with Crippen molar-refractivity contribution in [3.8, 4) is 5.75 Å². The Labute approximate surface area is 152 Å². The number of anilines is 2. The Balaban J connectivity index is 2.21. The van der Waals surface area contributed by atoms with Gasteiger partial charge < -0.3 is 10.1 Å². The van der Waals surface area contributed by atoms with Crippen LogP contribution >= 0.6 is 11.6 Å². The molecule has 0 aromatic heterocycles. The molecule has 0 saturated carbocycles. The third-order valence-corrected chi connectivity index (χ3v) is 3.69. The molecule has 0 aliphatic heterocycles. The molecule has 140 valence electrons. The Bertz CT molecular complexity index is 915. The lowest BCUT2D eigenvalue weighted by Crippen LogP contribution is -2.18. The summed E-state index contributed by atoms with van der Waals surface area (Å²) in [5.41, 5.74) is 0.125. The number of carbonyl (C=O) groups is 1. The minimum Gasteiger partial charge on any atom is -0.406 e. The van der Waals surface area contributed by atoms with Crippen LogP contribution in [0, 0.1) is 0 Å². The van der Waals surface area contributed by atoms with Crippen LogP contribution in [0.5, 0.6) is 5.75 Å². The Hall–Kier alpha value is -2.46. The predicted molar refractivity (Wildman–Crippen MR) is 91.0 cm³/mol. The summed E-state index contributed by atoms with van der Waals surface area (Å²) in [5, 5.41) is 2.63. The Morgan fingerprint density at radius 1 is 1.12 bits per heavy atom. The molecule has 26 heavy (non-hydrogen) atoms. The van der Waals surface area contributed by atoms with Crippen molar-refractivity contribution in [2.45, 2.75) is 6.36 Å². The largest absolute Gasteiger partial charge is 0.573 e. The lowest BCUT2D eigenvalue weighted by Gasteiger charge is -2.12. The van der Waals surface area contributed by atoms with Crippen LogP contribution in [-0.2, 0) is 10.0 Å². The van der Waals surface area contributed by atoms with Gasteiger partial charge in [-0.05, 0) is 42.5 Å². The first kappa shape index (κ1) is 19.9. The molecule has 0 unspecified atom stereocenters. The fourth-order valence-electron chi connectivity index (χ4n) is 1.93. The number of hydrogen-bond acceptors (Lipinski definition) is 4. The van der Waals surface area contributed by atoms with E-state index in [-0.39, 0.29) is 22.0 Å². The Morgan fingerprint density at radius 3 is 2.27 bits per heavy atom. The third-order valence-electron chi connectivity index (χ3n) is 2.87. The number of hydrogen-bond donors (Lipinski definition) is 2. The van der Waals surface area contributed by atoms with Gasteiger partial charge in [0.2, 0.25) is 10.0 Å². The van der Waals surface area contributed by atoms with Gasteiger partial charge in [0.25, 0.3) is 5.91 Å². The first-order valence-corrected chi connectivity index (χ1v) is 9.14. The highest BCUT2D eigenvalue weighted by Gasteiger charge is 2.31. The normalized spacial score (nSPS) is 11.7. The van der Waals surface area contributed by atoms with Crippen LogP contribution in [0.4, 0.5) is 24.5 Å². The lowest BCUT2D eigenvalue weighted by atomic mass is 10.1. The second-order valence-corrected chi connectivity index (χ2v) is 7.28. The first-order chi connectivity index (χ1) is 11.9. The van der Waals surface area contributed by atoms with Crippen LogP contribution in [0.1, 0.15) is 10.4 Å². The molecular formula is C15H12ClF3N2O4S. The van der Waals surface area contributed by atoms with Gasteiger partial charge in [-0.15, -0.1) is 13.2 Å². The SMILES string of the molecule is CS(=O)(=O)Nc1ccc(Cl)cc1C(=O)Nc1ccc(OC(F)(F)F)cc1. The number of amides is 1. The molecule has 0 aliphatic carbocycles. The van der Waals surface area contributed by atoms with Crippen molar-refractivity contribution in [2.24, 2.45) is 0 Å². The van der Waals surface area contributed by atoms with Crippen molar-refractivity contribution in [2.75, 3.05) is 16.3 Å². The zero-order valence-corrected chi connectivity index (χ0v) is 14.7. The average molecular weight is 409 g/mol. The summed E-state index contributed by atoms with van der Waals surface area (Å²) in [6.07, 6.45) is -3.90. The molecule has 0 radical (unpaired) electrons. The smallest absolute Gasteiger partial charge is 0.406 e. The van der Waals surface area contributed by atoms with Gasteiger partial charge in [-0.1, -0.05) is 11.6 Å². The van der Waals surface area contributed by atoms with Crippen LogP contribution in [0.2, 0.25) is 5.02 Å². The van der Waals surface area contributed by atoms with Crippen LogP contribution in [0.15, 0.2) is 42.5 Å². The van der Waals surface area contributed by atoms with Crippen molar-refractivity contribution in [1.82, 2.24) is 0 Å². The maximum atomic E-state index is 12.4. The number of rotatable bonds is 5. The minimum atomic E-state index is -4.82. The summed E-state index contributed by atoms with van der Waals surface area (Å²) in [4.78, 5) is 12.4. The standard InChI is InChI=1S/C15H12ClF3N2O4S/c1-26(23,24)21-13-7-2-9(16)8-12(13)14(22)20-10-3-5-11(6-4-10)25-15(17,18)19/h2-8,21H,1H3,(H,20,22). The van der Waals surface area contributed by atoms with E-state index in [1.54, 1.807) is 0 Å². The van der Waals surface area contributed by atoms with E-state index in [0.29, 0.717) is 0 Å². The number of alkyl halides is 3. The quantitative estimate of drug-likeness (QED) is 0.786. The van der Waals surface area contributed by atoms with Crippen molar-refractivity contribution in [3.63, 3.8) is 0 Å². The molecule has 0 saturated heterocycles. The minimum absolute atomic E-state index is 0.00595. The molecule has 2 N–H and O–H groups in total. The predicted octanol–water partition coefficient (Wildman–Crippen LogP) is 3.86. The molecule has 6 nitrogen and oxygen atoms in total. The van der Waals surface area contributed by atoms with Crippen LogP contribution in [0.25, 0.3) is 0 Å². The van der Waals surface area contributed by atoms with Gasteiger partial charge >= 0.3 is 6.36 Å². The number of nitrogens with one attached hydrogen (secondary N) is 2. The molecule has 1 amide bonds. The topological polar surface area (TPSA) is 84.5 Å². The van der Waals surface area contributed by atoms with Gasteiger partial charge in [-0.2, -0.15) is 0 Å². The molecule has 0 atom stereocenters. The Morgan fingerprint density at radius 2 is 1.73 bits per heavy atom. The van der Waals surface area contributed by atoms with E-state index in [2.05, 4.69) is 14.8 Å². The van der Waals surface area contributed by atoms with E-state index in [9.17, 15) is 26.4 Å². The summed E-state index contributed by atoms with van der Waals surface area (Å²) in [6, 6.07) is 8.42. The maximum absolute atomic E-state index is 12.4. The Kier molecular flexibility index (Phi) is 5.67. The zero-order valence-electron chi connectivity index (χ0n) is 13.1. The number of ether oxygens (including phenoxy) is 1. The zero-order chi connectivity index (χ0) is 19.5. The molecular weight excluding hydrogens is 397 g/mol. The second kappa shape index (κ2) is 7.42. The second-order valence-electron chi connectivity index (χ2n) is 5.09. The van der Waals surface area contributed by atoms with Gasteiger partial charge in [0.1, 0.15) is 5.75 Å². The molecule has 0 fully saturated rings. The lowest BCUT2D eigenvalue weighted by molar-refractivity contribution is -0.274. The van der Waals surface area contributed by atoms with E-state index < -0.39 is 28.0 Å². The van der Waals surface area contributed by atoms with E-state index in [1.807, 2.05) is 0 Å². The van der Waals surface area contributed by atoms with Gasteiger partial charge in [-0.25, -0.2) is 8.42 Å². The summed E-state index contributed by atoms with van der Waals surface area (Å²) >= 11 is 5.84. The van der Waals surface area contributed by atoms with Crippen molar-refractivity contribution in [1.29, 1.82) is 0 Å². The fourth-order valence-corrected chi connectivity index (χ4v) is 2.68. The number of carbonyl (C=O) groups excluding carboxylic acids is 1. The first-order valence-electron chi connectivity index (χ1n) is 6.87. The van der Waals surface area contributed by atoms with E-state index >= 15 is 0 Å². The van der Waals surface area contributed by atoms with Crippen molar-refractivity contribution >= 4 is 38.9 Å². The molecule has 2 rings (SSSR count). The van der Waals surface area contributed by atoms with Crippen molar-refractivity contribution in [3.05, 3.63) is 53.1 Å². The van der Waals surface area contributed by atoms with Crippen LogP contribution in [0.3, 0.4) is 0 Å². The summed E-state index contributed by atoms with van der Waals surface area (Å²) in [5.74, 6) is -1.15. The van der Waals surface area contributed by atoms with Gasteiger partial charge in [0.05, 0.1) is 17.5 Å². The van der Waals surface area contributed by atoms with Gasteiger partial charge in [0, 0.05) is 10.7 Å². The summed E-state index contributed by atoms with van der Waals surface area (Å²) < 4.78 is 65.1. The molecule has 0 heterocycles. The van der Waals surface area contributed by atoms with Gasteiger partial charge in [0.15, 0.2) is 0 Å². The fraction of sp³-hybridized carbons (Fsp3) is 0.133. The average Bonchev–Trinajstić information content (AvgIpc) is 2.48. The van der Waals surface area contributed by atoms with E-state index in [1.165, 1.54) is 30.3 Å². The maximum Gasteiger partial charge on any atom is 0.573 e. The molecule has 0 bridgehead atoms. The molecule has 2 aromatic rings. The van der Waals surface area contributed by atoms with E-state index in [4.69, 9.17) is 11.6 Å². The highest BCUT2D eigenvalue weighted by atomic mass is 35.5. The summed E-state index contributed by atoms with van der Waals surface area (Å²) in [6.45, 7) is 0. The third kappa shape index (κ3) is 6.12. The highest BCUT2D eigenvalue weighted by Crippen LogP contribution is 2.26. The van der Waals surface area contributed by atoms with Crippen LogP contribution < -0.4 is 14.8 Å². The van der Waals surface area contributed by atoms with Gasteiger partial charge in [-0.3, -0.25) is 9.52 Å². The number of halogens is 4. The van der Waals surface area contributed by atoms with Crippen molar-refractivity contribution < 1.29 is 31.1 Å². The molecule has 0 spiro atoms. The molecule has 0 aliphatic rings. The number of sulfonamides is 1. The monoisotopic (exact) mass is 408 g/mol. The molecule has 11 heteroatoms. The van der Waals surface area contributed by atoms with Crippen LogP contribution in [-0.4, -0.2) is 26.9 Å². The molecule has 2 aromatic carbocycles. The highest BCUT2D eigenvalue weighted by molar-refractivity contribution is 7.92. The summed E-state index contributed by atoms with van der Waals surface area (Å²) in [7, 11) is -3.64. The number of benzene rings is 2.